The number of urea groups is 1. The summed E-state index contributed by atoms with van der Waals surface area (Å²) in [6.45, 7) is 7.82. The molecule has 1 aromatic heterocycles. The van der Waals surface area contributed by atoms with Crippen LogP contribution < -0.4 is 10.6 Å². The molecule has 32 heavy (non-hydrogen) atoms. The lowest BCUT2D eigenvalue weighted by atomic mass is 9.94. The van der Waals surface area contributed by atoms with E-state index in [1.165, 1.54) is 11.3 Å². The van der Waals surface area contributed by atoms with Crippen LogP contribution in [0.3, 0.4) is 0 Å². The van der Waals surface area contributed by atoms with Crippen molar-refractivity contribution >= 4 is 34.9 Å². The van der Waals surface area contributed by atoms with E-state index in [0.29, 0.717) is 35.5 Å². The minimum Gasteiger partial charge on any atom is -0.459 e. The van der Waals surface area contributed by atoms with E-state index in [1.807, 2.05) is 30.5 Å². The Morgan fingerprint density at radius 3 is 2.69 bits per heavy atom. The van der Waals surface area contributed by atoms with Gasteiger partial charge in [-0.15, -0.1) is 11.3 Å². The third-order valence-electron chi connectivity index (χ3n) is 5.02. The Balaban J connectivity index is 1.90. The quantitative estimate of drug-likeness (QED) is 0.568. The summed E-state index contributed by atoms with van der Waals surface area (Å²) in [5.74, 6) is -0.590. The molecule has 1 aliphatic rings. The number of benzene rings is 1. The van der Waals surface area contributed by atoms with Gasteiger partial charge < -0.3 is 15.4 Å². The van der Waals surface area contributed by atoms with Gasteiger partial charge in [0.15, 0.2) is 0 Å². The SMILES string of the molecule is CCCN1C(=O)NC(c2cccc(NC(=O)Cc3cccs3)c2)C(C(=O)OC(C)C)=C1C. The van der Waals surface area contributed by atoms with Crippen LogP contribution >= 0.6 is 11.3 Å². The van der Waals surface area contributed by atoms with E-state index in [2.05, 4.69) is 10.6 Å². The standard InChI is InChI=1S/C24H29N3O4S/c1-5-11-27-16(4)21(23(29)31-15(2)3)22(26-24(27)30)17-8-6-9-18(13-17)25-20(28)14-19-10-7-12-32-19/h6-10,12-13,15,22H,5,11,14H2,1-4H3,(H,25,28)(H,26,30). The van der Waals surface area contributed by atoms with E-state index in [4.69, 9.17) is 4.74 Å². The number of anilines is 1. The lowest BCUT2D eigenvalue weighted by Crippen LogP contribution is -2.48. The monoisotopic (exact) mass is 455 g/mol. The molecule has 1 atom stereocenters. The number of hydrogen-bond acceptors (Lipinski definition) is 5. The molecule has 1 unspecified atom stereocenters. The largest absolute Gasteiger partial charge is 0.459 e. The van der Waals surface area contributed by atoms with Crippen LogP contribution in [-0.2, 0) is 20.7 Å². The normalized spacial score (nSPS) is 16.2. The van der Waals surface area contributed by atoms with E-state index >= 15 is 0 Å². The summed E-state index contributed by atoms with van der Waals surface area (Å²) >= 11 is 1.53. The van der Waals surface area contributed by atoms with Crippen molar-refractivity contribution in [2.24, 2.45) is 0 Å². The van der Waals surface area contributed by atoms with Crippen LogP contribution in [0.25, 0.3) is 0 Å². The fourth-order valence-electron chi connectivity index (χ4n) is 3.64. The number of nitrogens with zero attached hydrogens (tertiary/aromatic N) is 1. The minimum atomic E-state index is -0.670. The molecule has 7 nitrogen and oxygen atoms in total. The number of hydrogen-bond donors (Lipinski definition) is 2. The molecule has 3 amide bonds. The highest BCUT2D eigenvalue weighted by Gasteiger charge is 2.36. The average Bonchev–Trinajstić information content (AvgIpc) is 3.23. The molecule has 0 saturated carbocycles. The van der Waals surface area contributed by atoms with Gasteiger partial charge in [0, 0.05) is 22.8 Å². The highest BCUT2D eigenvalue weighted by Crippen LogP contribution is 2.32. The third-order valence-corrected chi connectivity index (χ3v) is 5.90. The average molecular weight is 456 g/mol. The second kappa shape index (κ2) is 10.5. The van der Waals surface area contributed by atoms with Crippen molar-refractivity contribution in [3.63, 3.8) is 0 Å². The zero-order valence-electron chi connectivity index (χ0n) is 18.8. The van der Waals surface area contributed by atoms with Crippen LogP contribution in [0.5, 0.6) is 0 Å². The van der Waals surface area contributed by atoms with Gasteiger partial charge in [0.05, 0.1) is 24.1 Å². The molecule has 1 aromatic carbocycles. The number of amides is 3. The molecule has 0 aliphatic carbocycles. The fraction of sp³-hybridized carbons (Fsp3) is 0.375. The first-order chi connectivity index (χ1) is 15.3. The highest BCUT2D eigenvalue weighted by molar-refractivity contribution is 7.10. The zero-order valence-corrected chi connectivity index (χ0v) is 19.6. The van der Waals surface area contributed by atoms with E-state index in [0.717, 1.165) is 11.3 Å². The summed E-state index contributed by atoms with van der Waals surface area (Å²) in [5, 5.41) is 7.77. The Hall–Kier alpha value is -3.13. The molecule has 0 saturated heterocycles. The first-order valence-corrected chi connectivity index (χ1v) is 11.6. The molecule has 0 bridgehead atoms. The van der Waals surface area contributed by atoms with Crippen LogP contribution in [-0.4, -0.2) is 35.5 Å². The van der Waals surface area contributed by atoms with E-state index in [9.17, 15) is 14.4 Å². The molecule has 2 aromatic rings. The lowest BCUT2D eigenvalue weighted by molar-refractivity contribution is -0.143. The van der Waals surface area contributed by atoms with E-state index < -0.39 is 12.0 Å². The van der Waals surface area contributed by atoms with Crippen molar-refractivity contribution < 1.29 is 19.1 Å². The second-order valence-electron chi connectivity index (χ2n) is 7.92. The number of carbonyl (C=O) groups excluding carboxylic acids is 3. The van der Waals surface area contributed by atoms with Crippen molar-refractivity contribution in [3.05, 3.63) is 63.5 Å². The van der Waals surface area contributed by atoms with Crippen LogP contribution in [0.1, 0.15) is 50.6 Å². The summed E-state index contributed by atoms with van der Waals surface area (Å²) in [5.41, 5.74) is 2.27. The smallest absolute Gasteiger partial charge is 0.338 e. The van der Waals surface area contributed by atoms with Crippen LogP contribution in [0.15, 0.2) is 53.0 Å². The first kappa shape index (κ1) is 23.5. The maximum atomic E-state index is 13.0. The van der Waals surface area contributed by atoms with Gasteiger partial charge in [-0.3, -0.25) is 9.69 Å². The number of allylic oxidation sites excluding steroid dienone is 1. The van der Waals surface area contributed by atoms with Crippen molar-refractivity contribution in [2.75, 3.05) is 11.9 Å². The van der Waals surface area contributed by atoms with Crippen molar-refractivity contribution in [3.8, 4) is 0 Å². The Labute approximate surface area is 192 Å². The third kappa shape index (κ3) is 5.56. The van der Waals surface area contributed by atoms with Gasteiger partial charge in [0.1, 0.15) is 0 Å². The van der Waals surface area contributed by atoms with Gasteiger partial charge in [0.2, 0.25) is 5.91 Å². The number of ether oxygens (including phenoxy) is 1. The van der Waals surface area contributed by atoms with Gasteiger partial charge in [-0.1, -0.05) is 25.1 Å². The number of thiophene rings is 1. The Bertz CT molecular complexity index is 1010. The van der Waals surface area contributed by atoms with Crippen molar-refractivity contribution in [1.82, 2.24) is 10.2 Å². The maximum Gasteiger partial charge on any atom is 0.338 e. The molecule has 2 N–H and O–H groups in total. The molecule has 0 spiro atoms. The molecule has 0 radical (unpaired) electrons. The zero-order chi connectivity index (χ0) is 23.3. The van der Waals surface area contributed by atoms with Crippen molar-refractivity contribution in [2.45, 2.75) is 52.7 Å². The summed E-state index contributed by atoms with van der Waals surface area (Å²) in [7, 11) is 0. The number of carbonyl (C=O) groups is 3. The molecule has 8 heteroatoms. The lowest BCUT2D eigenvalue weighted by Gasteiger charge is -2.35. The summed E-state index contributed by atoms with van der Waals surface area (Å²) in [4.78, 5) is 40.7. The number of esters is 1. The fourth-order valence-corrected chi connectivity index (χ4v) is 4.34. The van der Waals surface area contributed by atoms with Crippen molar-refractivity contribution in [1.29, 1.82) is 0 Å². The molecule has 170 valence electrons. The van der Waals surface area contributed by atoms with Gasteiger partial charge in [-0.05, 0) is 56.3 Å². The summed E-state index contributed by atoms with van der Waals surface area (Å²) < 4.78 is 5.48. The molecule has 0 fully saturated rings. The van der Waals surface area contributed by atoms with Gasteiger partial charge >= 0.3 is 12.0 Å². The first-order valence-electron chi connectivity index (χ1n) is 10.7. The Morgan fingerprint density at radius 1 is 1.25 bits per heavy atom. The van der Waals surface area contributed by atoms with E-state index in [1.54, 1.807) is 43.9 Å². The molecule has 3 rings (SSSR count). The molecular formula is C24H29N3O4S. The van der Waals surface area contributed by atoms with Gasteiger partial charge in [0.25, 0.3) is 0 Å². The summed E-state index contributed by atoms with van der Waals surface area (Å²) in [6.07, 6.45) is 0.760. The Kier molecular flexibility index (Phi) is 7.69. The predicted molar refractivity (Wildman–Crippen MR) is 125 cm³/mol. The molecular weight excluding hydrogens is 426 g/mol. The molecule has 2 heterocycles. The maximum absolute atomic E-state index is 13.0. The minimum absolute atomic E-state index is 0.127. The van der Waals surface area contributed by atoms with Gasteiger partial charge in [-0.2, -0.15) is 0 Å². The number of rotatable bonds is 8. The number of nitrogens with one attached hydrogen (secondary N) is 2. The Morgan fingerprint density at radius 2 is 2.03 bits per heavy atom. The topological polar surface area (TPSA) is 87.7 Å². The van der Waals surface area contributed by atoms with Gasteiger partial charge in [-0.25, -0.2) is 9.59 Å². The van der Waals surface area contributed by atoms with Crippen LogP contribution in [0, 0.1) is 0 Å². The molecule has 1 aliphatic heterocycles. The predicted octanol–water partition coefficient (Wildman–Crippen LogP) is 4.63. The second-order valence-corrected chi connectivity index (χ2v) is 8.95. The summed E-state index contributed by atoms with van der Waals surface area (Å²) in [6, 6.07) is 10.1. The van der Waals surface area contributed by atoms with Crippen LogP contribution in [0.2, 0.25) is 0 Å². The van der Waals surface area contributed by atoms with E-state index in [-0.39, 0.29) is 18.0 Å². The highest BCUT2D eigenvalue weighted by atomic mass is 32.1. The van der Waals surface area contributed by atoms with Crippen LogP contribution in [0.4, 0.5) is 10.5 Å².